The van der Waals surface area contributed by atoms with Crippen molar-refractivity contribution in [3.05, 3.63) is 89.2 Å². The molecule has 1 aliphatic heterocycles. The van der Waals surface area contributed by atoms with E-state index in [0.29, 0.717) is 0 Å². The highest BCUT2D eigenvalue weighted by Crippen LogP contribution is 2.25. The minimum atomic E-state index is 0.845. The maximum atomic E-state index is 4.59. The van der Waals surface area contributed by atoms with Crippen LogP contribution in [0.3, 0.4) is 0 Å². The lowest BCUT2D eigenvalue weighted by molar-refractivity contribution is 0.653. The van der Waals surface area contributed by atoms with Crippen molar-refractivity contribution in [1.82, 2.24) is 9.55 Å². The molecular weight excluding hydrogens is 424 g/mol. The molecule has 2 heterocycles. The predicted molar refractivity (Wildman–Crippen MR) is 124 cm³/mol. The first kappa shape index (κ1) is 18.3. The van der Waals surface area contributed by atoms with Crippen LogP contribution in [0.25, 0.3) is 11.0 Å². The third kappa shape index (κ3) is 3.87. The van der Waals surface area contributed by atoms with Gasteiger partial charge in [-0.15, -0.1) is 0 Å². The summed E-state index contributed by atoms with van der Waals surface area (Å²) in [4.78, 5) is 9.53. The third-order valence-electron chi connectivity index (χ3n) is 5.64. The number of anilines is 2. The lowest BCUT2D eigenvalue weighted by Gasteiger charge is -2.37. The maximum Gasteiger partial charge on any atom is 0.0961 e. The molecule has 0 N–H and O–H groups in total. The molecule has 146 valence electrons. The Labute approximate surface area is 179 Å². The van der Waals surface area contributed by atoms with Crippen LogP contribution in [0.2, 0.25) is 0 Å². The minimum Gasteiger partial charge on any atom is -0.368 e. The molecule has 0 amide bonds. The molecule has 5 rings (SSSR count). The van der Waals surface area contributed by atoms with Crippen molar-refractivity contribution in [3.8, 4) is 0 Å². The Kier molecular flexibility index (Phi) is 4.98. The Morgan fingerprint density at radius 3 is 2.14 bits per heavy atom. The summed E-state index contributed by atoms with van der Waals surface area (Å²) in [7, 11) is 0. The first-order valence-electron chi connectivity index (χ1n) is 10.0. The molecule has 0 atom stereocenters. The van der Waals surface area contributed by atoms with Crippen molar-refractivity contribution >= 4 is 38.3 Å². The van der Waals surface area contributed by atoms with Gasteiger partial charge in [-0.3, -0.25) is 0 Å². The SMILES string of the molecule is Brc1ccc(N2CCN(c3ccc4ncn(Cc5ccccc5)c4c3)CC2)cc1. The van der Waals surface area contributed by atoms with E-state index < -0.39 is 0 Å². The molecule has 0 radical (unpaired) electrons. The van der Waals surface area contributed by atoms with Crippen molar-refractivity contribution in [2.24, 2.45) is 0 Å². The summed E-state index contributed by atoms with van der Waals surface area (Å²) in [5.41, 5.74) is 6.12. The van der Waals surface area contributed by atoms with Crippen molar-refractivity contribution in [2.45, 2.75) is 6.54 Å². The van der Waals surface area contributed by atoms with Gasteiger partial charge in [0.1, 0.15) is 0 Å². The van der Waals surface area contributed by atoms with Crippen LogP contribution in [0.5, 0.6) is 0 Å². The number of hydrogen-bond acceptors (Lipinski definition) is 3. The van der Waals surface area contributed by atoms with Crippen LogP contribution in [0.4, 0.5) is 11.4 Å². The van der Waals surface area contributed by atoms with Crippen molar-refractivity contribution in [3.63, 3.8) is 0 Å². The number of fused-ring (bicyclic) bond motifs is 1. The van der Waals surface area contributed by atoms with Gasteiger partial charge in [-0.1, -0.05) is 46.3 Å². The second-order valence-electron chi connectivity index (χ2n) is 7.48. The summed E-state index contributed by atoms with van der Waals surface area (Å²) >= 11 is 3.52. The lowest BCUT2D eigenvalue weighted by atomic mass is 10.2. The number of imidazole rings is 1. The summed E-state index contributed by atoms with van der Waals surface area (Å²) in [5.74, 6) is 0. The highest BCUT2D eigenvalue weighted by molar-refractivity contribution is 9.10. The van der Waals surface area contributed by atoms with E-state index >= 15 is 0 Å². The van der Waals surface area contributed by atoms with Gasteiger partial charge in [0, 0.05) is 48.6 Å². The molecule has 1 aliphatic rings. The van der Waals surface area contributed by atoms with Crippen molar-refractivity contribution < 1.29 is 0 Å². The van der Waals surface area contributed by atoms with E-state index in [-0.39, 0.29) is 0 Å². The fourth-order valence-corrected chi connectivity index (χ4v) is 4.29. The van der Waals surface area contributed by atoms with Crippen LogP contribution in [0.1, 0.15) is 5.56 Å². The molecule has 1 aromatic heterocycles. The van der Waals surface area contributed by atoms with E-state index in [1.165, 1.54) is 22.5 Å². The Balaban J connectivity index is 1.33. The van der Waals surface area contributed by atoms with E-state index in [9.17, 15) is 0 Å². The summed E-state index contributed by atoms with van der Waals surface area (Å²) in [6.45, 7) is 4.95. The molecule has 29 heavy (non-hydrogen) atoms. The predicted octanol–water partition coefficient (Wildman–Crippen LogP) is 5.17. The zero-order chi connectivity index (χ0) is 19.6. The first-order chi connectivity index (χ1) is 14.3. The number of hydrogen-bond donors (Lipinski definition) is 0. The first-order valence-corrected chi connectivity index (χ1v) is 10.8. The smallest absolute Gasteiger partial charge is 0.0961 e. The summed E-state index contributed by atoms with van der Waals surface area (Å²) < 4.78 is 3.37. The van der Waals surface area contributed by atoms with E-state index in [0.717, 1.165) is 42.7 Å². The number of aromatic nitrogens is 2. The van der Waals surface area contributed by atoms with E-state index in [2.05, 4.69) is 108 Å². The Hall–Kier alpha value is -2.79. The van der Waals surface area contributed by atoms with Crippen molar-refractivity contribution in [2.75, 3.05) is 36.0 Å². The number of rotatable bonds is 4. The van der Waals surface area contributed by atoms with Gasteiger partial charge in [0.25, 0.3) is 0 Å². The van der Waals surface area contributed by atoms with Gasteiger partial charge in [0.15, 0.2) is 0 Å². The molecule has 0 unspecified atom stereocenters. The largest absolute Gasteiger partial charge is 0.368 e. The molecule has 1 fully saturated rings. The quantitative estimate of drug-likeness (QED) is 0.431. The topological polar surface area (TPSA) is 24.3 Å². The number of piperazine rings is 1. The molecule has 0 saturated carbocycles. The van der Waals surface area contributed by atoms with Crippen LogP contribution in [0, 0.1) is 0 Å². The molecule has 4 nitrogen and oxygen atoms in total. The average Bonchev–Trinajstić information content (AvgIpc) is 3.17. The van der Waals surface area contributed by atoms with Gasteiger partial charge < -0.3 is 14.4 Å². The van der Waals surface area contributed by atoms with Gasteiger partial charge in [-0.05, 0) is 48.0 Å². The maximum absolute atomic E-state index is 4.59. The van der Waals surface area contributed by atoms with E-state index in [1.807, 2.05) is 6.33 Å². The molecule has 4 aromatic rings. The summed E-state index contributed by atoms with van der Waals surface area (Å²) in [6.07, 6.45) is 1.95. The lowest BCUT2D eigenvalue weighted by Crippen LogP contribution is -2.46. The average molecular weight is 447 g/mol. The Bertz CT molecular complexity index is 1100. The zero-order valence-electron chi connectivity index (χ0n) is 16.2. The van der Waals surface area contributed by atoms with Gasteiger partial charge in [0.05, 0.1) is 17.4 Å². The molecule has 0 spiro atoms. The van der Waals surface area contributed by atoms with Crippen LogP contribution < -0.4 is 9.80 Å². The number of nitrogens with zero attached hydrogens (tertiary/aromatic N) is 4. The number of benzene rings is 3. The molecule has 0 bridgehead atoms. The van der Waals surface area contributed by atoms with Crippen molar-refractivity contribution in [1.29, 1.82) is 0 Å². The number of halogens is 1. The van der Waals surface area contributed by atoms with Gasteiger partial charge in [0.2, 0.25) is 0 Å². The van der Waals surface area contributed by atoms with Crippen LogP contribution >= 0.6 is 15.9 Å². The highest BCUT2D eigenvalue weighted by atomic mass is 79.9. The van der Waals surface area contributed by atoms with Crippen LogP contribution in [0.15, 0.2) is 83.6 Å². The normalized spacial score (nSPS) is 14.5. The van der Waals surface area contributed by atoms with Crippen LogP contribution in [-0.2, 0) is 6.54 Å². The third-order valence-corrected chi connectivity index (χ3v) is 6.17. The fraction of sp³-hybridized carbons (Fsp3) is 0.208. The standard InChI is InChI=1S/C24H23BrN4/c25-20-6-8-21(9-7-20)27-12-14-28(15-13-27)22-10-11-23-24(16-22)29(18-26-23)17-19-4-2-1-3-5-19/h1-11,16,18H,12-15,17H2. The van der Waals surface area contributed by atoms with Gasteiger partial charge >= 0.3 is 0 Å². The Morgan fingerprint density at radius 1 is 0.759 bits per heavy atom. The zero-order valence-corrected chi connectivity index (χ0v) is 17.8. The van der Waals surface area contributed by atoms with E-state index in [1.54, 1.807) is 0 Å². The molecular formula is C24H23BrN4. The second kappa shape index (κ2) is 7.91. The fourth-order valence-electron chi connectivity index (χ4n) is 4.02. The second-order valence-corrected chi connectivity index (χ2v) is 8.40. The summed E-state index contributed by atoms with van der Waals surface area (Å²) in [5, 5.41) is 0. The molecule has 1 saturated heterocycles. The van der Waals surface area contributed by atoms with Crippen LogP contribution in [-0.4, -0.2) is 35.7 Å². The highest BCUT2D eigenvalue weighted by Gasteiger charge is 2.18. The summed E-state index contributed by atoms with van der Waals surface area (Å²) in [6, 6.07) is 25.8. The molecule has 5 heteroatoms. The molecule has 3 aromatic carbocycles. The molecule has 0 aliphatic carbocycles. The van der Waals surface area contributed by atoms with E-state index in [4.69, 9.17) is 0 Å². The van der Waals surface area contributed by atoms with Gasteiger partial charge in [-0.2, -0.15) is 0 Å². The van der Waals surface area contributed by atoms with Gasteiger partial charge in [-0.25, -0.2) is 4.98 Å². The monoisotopic (exact) mass is 446 g/mol. The Morgan fingerprint density at radius 2 is 1.41 bits per heavy atom. The minimum absolute atomic E-state index is 0.845.